The average Bonchev–Trinajstić information content (AvgIpc) is 3.39. The van der Waals surface area contributed by atoms with E-state index in [1.165, 1.54) is 76.5 Å². The summed E-state index contributed by atoms with van der Waals surface area (Å²) in [4.78, 5) is 4.73. The zero-order valence-corrected chi connectivity index (χ0v) is 36.3. The van der Waals surface area contributed by atoms with Gasteiger partial charge in [0.2, 0.25) is 0 Å². The maximum absolute atomic E-state index is 2.36. The molecule has 0 saturated carbocycles. The van der Waals surface area contributed by atoms with Crippen LogP contribution in [0.4, 0.5) is 34.1 Å². The molecule has 0 heterocycles. The van der Waals surface area contributed by atoms with Crippen LogP contribution in [0.2, 0.25) is 0 Å². The molecular formula is C64H44N2. The van der Waals surface area contributed by atoms with Crippen LogP contribution in [0, 0.1) is 0 Å². The van der Waals surface area contributed by atoms with E-state index in [0.717, 1.165) is 34.1 Å². The van der Waals surface area contributed by atoms with Gasteiger partial charge in [-0.05, 0) is 126 Å². The summed E-state index contributed by atoms with van der Waals surface area (Å²) < 4.78 is 0. The molecule has 0 atom stereocenters. The topological polar surface area (TPSA) is 6.48 Å². The van der Waals surface area contributed by atoms with Crippen LogP contribution in [0.1, 0.15) is 0 Å². The number of hydrogen-bond acceptors (Lipinski definition) is 2. The Morgan fingerprint density at radius 3 is 0.652 bits per heavy atom. The Hall–Kier alpha value is -8.72. The highest BCUT2D eigenvalue weighted by atomic mass is 15.1. The van der Waals surface area contributed by atoms with Gasteiger partial charge in [-0.25, -0.2) is 0 Å². The third kappa shape index (κ3) is 6.75. The number of nitrogens with zero attached hydrogens (tertiary/aromatic N) is 2. The Balaban J connectivity index is 0.989. The molecule has 2 heteroatoms. The highest BCUT2D eigenvalue weighted by molar-refractivity contribution is 6.16. The molecule has 0 fully saturated rings. The minimum absolute atomic E-state index is 1.12. The predicted octanol–water partition coefficient (Wildman–Crippen LogP) is 18.2. The van der Waals surface area contributed by atoms with Crippen molar-refractivity contribution in [1.29, 1.82) is 0 Å². The highest BCUT2D eigenvalue weighted by Gasteiger charge is 2.21. The summed E-state index contributed by atoms with van der Waals surface area (Å²) in [6.45, 7) is 0. The number of anilines is 6. The van der Waals surface area contributed by atoms with Gasteiger partial charge >= 0.3 is 0 Å². The van der Waals surface area contributed by atoms with Gasteiger partial charge in [-0.2, -0.15) is 0 Å². The summed E-state index contributed by atoms with van der Waals surface area (Å²) in [5.41, 5.74) is 14.1. The number of rotatable bonds is 9. The quantitative estimate of drug-likeness (QED) is 0.143. The van der Waals surface area contributed by atoms with Gasteiger partial charge in [-0.3, -0.25) is 0 Å². The maximum atomic E-state index is 2.36. The molecule has 0 N–H and O–H groups in total. The molecule has 0 aliphatic carbocycles. The first kappa shape index (κ1) is 38.9. The van der Waals surface area contributed by atoms with Crippen molar-refractivity contribution in [2.75, 3.05) is 9.80 Å². The molecule has 0 aliphatic rings. The molecule has 0 amide bonds. The third-order valence-electron chi connectivity index (χ3n) is 13.1. The lowest BCUT2D eigenvalue weighted by molar-refractivity contribution is 1.30. The molecule has 0 bridgehead atoms. The van der Waals surface area contributed by atoms with Crippen LogP contribution in [-0.2, 0) is 0 Å². The summed E-state index contributed by atoms with van der Waals surface area (Å²) in [6, 6.07) is 96.8. The van der Waals surface area contributed by atoms with E-state index in [2.05, 4.69) is 277 Å². The van der Waals surface area contributed by atoms with Crippen molar-refractivity contribution in [3.8, 4) is 33.4 Å². The molecule has 0 aliphatic heterocycles. The van der Waals surface area contributed by atoms with Gasteiger partial charge in [0.1, 0.15) is 0 Å². The molecule has 0 saturated heterocycles. The van der Waals surface area contributed by atoms with Gasteiger partial charge in [0.05, 0.1) is 11.4 Å². The fourth-order valence-corrected chi connectivity index (χ4v) is 10.1. The van der Waals surface area contributed by atoms with Crippen molar-refractivity contribution < 1.29 is 0 Å². The van der Waals surface area contributed by atoms with Crippen LogP contribution in [0.15, 0.2) is 267 Å². The zero-order chi connectivity index (χ0) is 43.8. The second-order valence-electron chi connectivity index (χ2n) is 16.8. The molecule has 12 rings (SSSR count). The first-order chi connectivity index (χ1) is 32.8. The smallest absolute Gasteiger partial charge is 0.0540 e. The zero-order valence-electron chi connectivity index (χ0n) is 36.3. The molecule has 2 nitrogen and oxygen atoms in total. The second kappa shape index (κ2) is 16.8. The minimum Gasteiger partial charge on any atom is -0.310 e. The molecule has 12 aromatic carbocycles. The lowest BCUT2D eigenvalue weighted by atomic mass is 9.87. The van der Waals surface area contributed by atoms with Crippen LogP contribution < -0.4 is 9.80 Å². The summed E-state index contributed by atoms with van der Waals surface area (Å²) in [7, 11) is 0. The average molecular weight is 841 g/mol. The van der Waals surface area contributed by atoms with Crippen LogP contribution >= 0.6 is 0 Å². The maximum Gasteiger partial charge on any atom is 0.0540 e. The summed E-state index contributed by atoms with van der Waals surface area (Å²) in [5, 5.41) is 9.75. The Bertz CT molecular complexity index is 3370. The van der Waals surface area contributed by atoms with Gasteiger partial charge in [0.25, 0.3) is 0 Å². The van der Waals surface area contributed by atoms with Crippen LogP contribution in [0.3, 0.4) is 0 Å². The van der Waals surface area contributed by atoms with E-state index in [9.17, 15) is 0 Å². The molecule has 310 valence electrons. The van der Waals surface area contributed by atoms with Crippen LogP contribution in [0.25, 0.3) is 76.5 Å². The Labute approximate surface area is 385 Å². The number of para-hydroxylation sites is 4. The van der Waals surface area contributed by atoms with Gasteiger partial charge in [0.15, 0.2) is 0 Å². The Morgan fingerprint density at radius 2 is 0.364 bits per heavy atom. The third-order valence-corrected chi connectivity index (χ3v) is 13.1. The van der Waals surface area contributed by atoms with E-state index in [-0.39, 0.29) is 0 Å². The molecule has 66 heavy (non-hydrogen) atoms. The van der Waals surface area contributed by atoms with Gasteiger partial charge in [-0.15, -0.1) is 0 Å². The van der Waals surface area contributed by atoms with Crippen molar-refractivity contribution in [2.45, 2.75) is 0 Å². The highest BCUT2D eigenvalue weighted by Crippen LogP contribution is 2.47. The first-order valence-electron chi connectivity index (χ1n) is 22.7. The van der Waals surface area contributed by atoms with E-state index >= 15 is 0 Å². The fourth-order valence-electron chi connectivity index (χ4n) is 10.1. The van der Waals surface area contributed by atoms with Gasteiger partial charge in [-0.1, -0.05) is 206 Å². The van der Waals surface area contributed by atoms with E-state index in [1.807, 2.05) is 0 Å². The fraction of sp³-hybridized carbons (Fsp3) is 0. The standard InChI is InChI=1S/C64H44N2/c1-5-21-45(22-6-1)65(46-23-7-2-8-24-46)63-43-41-59(57-29-13-15-31-61(57)63)55-39-19-35-51-49(33-17-37-53(51)55)50-34-18-38-54-52(50)36-20-40-56(54)60-42-44-64(62-32-16-14-30-58(60)62)66(47-25-9-3-10-26-47)48-27-11-4-12-28-48/h1-44H. The Kier molecular flexibility index (Phi) is 9.89. The van der Waals surface area contributed by atoms with Crippen LogP contribution in [-0.4, -0.2) is 0 Å². The molecule has 0 unspecified atom stereocenters. The molecule has 0 spiro atoms. The summed E-state index contributed by atoms with van der Waals surface area (Å²) in [6.07, 6.45) is 0. The molecule has 0 aromatic heterocycles. The van der Waals surface area contributed by atoms with E-state index < -0.39 is 0 Å². The van der Waals surface area contributed by atoms with Crippen LogP contribution in [0.5, 0.6) is 0 Å². The SMILES string of the molecule is c1ccc(N(c2ccccc2)c2ccc(-c3cccc4c(-c5cccc6c(-c7ccc(N(c8ccccc8)c8ccccc8)c8ccccc78)cccc56)cccc34)c3ccccc23)cc1. The predicted molar refractivity (Wildman–Crippen MR) is 282 cm³/mol. The van der Waals surface area contributed by atoms with E-state index in [4.69, 9.17) is 0 Å². The number of fused-ring (bicyclic) bond motifs is 4. The van der Waals surface area contributed by atoms with E-state index in [1.54, 1.807) is 0 Å². The van der Waals surface area contributed by atoms with Crippen molar-refractivity contribution in [2.24, 2.45) is 0 Å². The summed E-state index contributed by atoms with van der Waals surface area (Å²) in [5.74, 6) is 0. The van der Waals surface area contributed by atoms with Gasteiger partial charge in [0, 0.05) is 33.5 Å². The van der Waals surface area contributed by atoms with Crippen molar-refractivity contribution >= 4 is 77.2 Å². The molecule has 0 radical (unpaired) electrons. The van der Waals surface area contributed by atoms with Crippen molar-refractivity contribution in [1.82, 2.24) is 0 Å². The minimum atomic E-state index is 1.12. The lowest BCUT2D eigenvalue weighted by Crippen LogP contribution is -2.10. The molecule has 12 aromatic rings. The van der Waals surface area contributed by atoms with Crippen molar-refractivity contribution in [3.05, 3.63) is 267 Å². The first-order valence-corrected chi connectivity index (χ1v) is 22.7. The van der Waals surface area contributed by atoms with Gasteiger partial charge < -0.3 is 9.80 Å². The summed E-state index contributed by atoms with van der Waals surface area (Å²) >= 11 is 0. The number of benzene rings is 12. The Morgan fingerprint density at radius 1 is 0.152 bits per heavy atom. The normalized spacial score (nSPS) is 11.3. The van der Waals surface area contributed by atoms with E-state index in [0.29, 0.717) is 0 Å². The number of hydrogen-bond donors (Lipinski definition) is 0. The van der Waals surface area contributed by atoms with Crippen molar-refractivity contribution in [3.63, 3.8) is 0 Å². The monoisotopic (exact) mass is 840 g/mol. The largest absolute Gasteiger partial charge is 0.310 e. The lowest BCUT2D eigenvalue weighted by Gasteiger charge is -2.27. The molecular weight excluding hydrogens is 797 g/mol. The second-order valence-corrected chi connectivity index (χ2v) is 16.8.